The Kier molecular flexibility index (Phi) is 3.06. The molecule has 0 saturated carbocycles. The third kappa shape index (κ3) is 2.38. The summed E-state index contributed by atoms with van der Waals surface area (Å²) in [5, 5.41) is 2.58. The van der Waals surface area contributed by atoms with Gasteiger partial charge < -0.3 is 5.32 Å². The van der Waals surface area contributed by atoms with Crippen LogP contribution in [0.1, 0.15) is 26.5 Å². The zero-order valence-electron chi connectivity index (χ0n) is 10.0. The first kappa shape index (κ1) is 12.3. The van der Waals surface area contributed by atoms with E-state index in [9.17, 15) is 13.6 Å². The highest BCUT2D eigenvalue weighted by molar-refractivity contribution is 7.14. The molecule has 1 aromatic carbocycles. The van der Waals surface area contributed by atoms with Gasteiger partial charge in [-0.2, -0.15) is 0 Å². The number of hydrogen-bond acceptors (Lipinski definition) is 2. The van der Waals surface area contributed by atoms with Crippen molar-refractivity contribution in [2.75, 3.05) is 5.32 Å². The lowest BCUT2D eigenvalue weighted by Gasteiger charge is -2.04. The van der Waals surface area contributed by atoms with Gasteiger partial charge in [-0.1, -0.05) is 0 Å². The lowest BCUT2D eigenvalue weighted by Crippen LogP contribution is -2.10. The SMILES string of the molecule is O=C(Nc1ccc(F)c(F)c1)c1cc2c(s1)CCC2. The molecular formula is C14H11F2NOS. The standard InChI is InChI=1S/C14H11F2NOS/c15-10-5-4-9(7-11(10)16)17-14(18)13-6-8-2-1-3-12(8)19-13/h4-7H,1-3H2,(H,17,18). The Hall–Kier alpha value is -1.75. The molecule has 0 spiro atoms. The van der Waals surface area contributed by atoms with Gasteiger partial charge in [0.25, 0.3) is 5.91 Å². The molecule has 0 atom stereocenters. The molecule has 19 heavy (non-hydrogen) atoms. The average molecular weight is 279 g/mol. The third-order valence-electron chi connectivity index (χ3n) is 3.15. The highest BCUT2D eigenvalue weighted by Gasteiger charge is 2.18. The molecule has 2 nitrogen and oxygen atoms in total. The summed E-state index contributed by atoms with van der Waals surface area (Å²) in [7, 11) is 0. The van der Waals surface area contributed by atoms with Gasteiger partial charge in [-0.25, -0.2) is 8.78 Å². The first-order valence-electron chi connectivity index (χ1n) is 6.01. The van der Waals surface area contributed by atoms with Gasteiger partial charge in [-0.15, -0.1) is 11.3 Å². The van der Waals surface area contributed by atoms with Crippen molar-refractivity contribution in [2.24, 2.45) is 0 Å². The van der Waals surface area contributed by atoms with Crippen LogP contribution in [0.25, 0.3) is 0 Å². The number of hydrogen-bond donors (Lipinski definition) is 1. The first-order chi connectivity index (χ1) is 9.13. The van der Waals surface area contributed by atoms with Crippen LogP contribution in [0, 0.1) is 11.6 Å². The number of carbonyl (C=O) groups excluding carboxylic acids is 1. The molecule has 1 heterocycles. The summed E-state index contributed by atoms with van der Waals surface area (Å²) in [5.74, 6) is -2.16. The number of halogens is 2. The molecule has 5 heteroatoms. The van der Waals surface area contributed by atoms with Crippen LogP contribution in [0.5, 0.6) is 0 Å². The minimum atomic E-state index is -0.966. The Morgan fingerprint density at radius 2 is 2.00 bits per heavy atom. The van der Waals surface area contributed by atoms with Crippen LogP contribution in [0.2, 0.25) is 0 Å². The normalized spacial score (nSPS) is 13.4. The Morgan fingerprint density at radius 3 is 2.74 bits per heavy atom. The highest BCUT2D eigenvalue weighted by Crippen LogP contribution is 2.31. The van der Waals surface area contributed by atoms with E-state index >= 15 is 0 Å². The van der Waals surface area contributed by atoms with E-state index in [1.54, 1.807) is 0 Å². The number of nitrogens with one attached hydrogen (secondary N) is 1. The molecule has 1 aliphatic rings. The number of anilines is 1. The topological polar surface area (TPSA) is 29.1 Å². The van der Waals surface area contributed by atoms with Crippen LogP contribution in [0.15, 0.2) is 24.3 Å². The number of aryl methyl sites for hydroxylation is 2. The lowest BCUT2D eigenvalue weighted by molar-refractivity contribution is 0.103. The second kappa shape index (κ2) is 4.74. The van der Waals surface area contributed by atoms with Gasteiger partial charge in [0, 0.05) is 16.6 Å². The van der Waals surface area contributed by atoms with Crippen LogP contribution in [-0.2, 0) is 12.8 Å². The largest absolute Gasteiger partial charge is 0.321 e. The summed E-state index contributed by atoms with van der Waals surface area (Å²) in [5.41, 5.74) is 1.50. The summed E-state index contributed by atoms with van der Waals surface area (Å²) < 4.78 is 25.8. The molecule has 0 unspecified atom stereocenters. The van der Waals surface area contributed by atoms with E-state index in [2.05, 4.69) is 5.32 Å². The predicted octanol–water partition coefficient (Wildman–Crippen LogP) is 3.77. The van der Waals surface area contributed by atoms with Crippen molar-refractivity contribution in [1.29, 1.82) is 0 Å². The van der Waals surface area contributed by atoms with E-state index in [1.807, 2.05) is 6.07 Å². The van der Waals surface area contributed by atoms with E-state index in [1.165, 1.54) is 27.8 Å². The van der Waals surface area contributed by atoms with E-state index in [0.717, 1.165) is 31.4 Å². The van der Waals surface area contributed by atoms with Crippen molar-refractivity contribution in [3.8, 4) is 0 Å². The van der Waals surface area contributed by atoms with E-state index in [0.29, 0.717) is 4.88 Å². The monoisotopic (exact) mass is 279 g/mol. The van der Waals surface area contributed by atoms with Crippen LogP contribution in [-0.4, -0.2) is 5.91 Å². The number of fused-ring (bicyclic) bond motifs is 1. The van der Waals surface area contributed by atoms with Gasteiger partial charge in [0.05, 0.1) is 4.88 Å². The van der Waals surface area contributed by atoms with Gasteiger partial charge in [0.15, 0.2) is 11.6 Å². The molecule has 2 aromatic rings. The van der Waals surface area contributed by atoms with E-state index < -0.39 is 11.6 Å². The van der Waals surface area contributed by atoms with Crippen LogP contribution in [0.3, 0.4) is 0 Å². The van der Waals surface area contributed by atoms with Crippen molar-refractivity contribution in [1.82, 2.24) is 0 Å². The number of rotatable bonds is 2. The summed E-state index contributed by atoms with van der Waals surface area (Å²) in [6, 6.07) is 5.22. The molecule has 98 valence electrons. The fourth-order valence-electron chi connectivity index (χ4n) is 2.21. The highest BCUT2D eigenvalue weighted by atomic mass is 32.1. The van der Waals surface area contributed by atoms with Crippen molar-refractivity contribution in [3.05, 3.63) is 51.2 Å². The molecule has 0 bridgehead atoms. The maximum absolute atomic E-state index is 13.0. The fraction of sp³-hybridized carbons (Fsp3) is 0.214. The molecule has 1 N–H and O–H groups in total. The van der Waals surface area contributed by atoms with Crippen molar-refractivity contribution >= 4 is 22.9 Å². The summed E-state index contributed by atoms with van der Waals surface area (Å²) >= 11 is 1.48. The van der Waals surface area contributed by atoms with Crippen LogP contribution in [0.4, 0.5) is 14.5 Å². The van der Waals surface area contributed by atoms with E-state index in [4.69, 9.17) is 0 Å². The third-order valence-corrected chi connectivity index (χ3v) is 4.38. The average Bonchev–Trinajstić information content (AvgIpc) is 2.94. The Morgan fingerprint density at radius 1 is 1.16 bits per heavy atom. The Balaban J connectivity index is 1.78. The quantitative estimate of drug-likeness (QED) is 0.891. The molecule has 0 fully saturated rings. The Bertz CT molecular complexity index is 629. The summed E-state index contributed by atoms with van der Waals surface area (Å²) in [6.07, 6.45) is 3.19. The zero-order valence-corrected chi connectivity index (χ0v) is 10.8. The molecule has 0 aliphatic heterocycles. The van der Waals surface area contributed by atoms with Gasteiger partial charge in [0.1, 0.15) is 0 Å². The predicted molar refractivity (Wildman–Crippen MR) is 70.7 cm³/mol. The minimum Gasteiger partial charge on any atom is -0.321 e. The number of carbonyl (C=O) groups is 1. The van der Waals surface area contributed by atoms with Gasteiger partial charge in [-0.05, 0) is 43.0 Å². The van der Waals surface area contributed by atoms with Crippen LogP contribution < -0.4 is 5.32 Å². The van der Waals surface area contributed by atoms with Crippen LogP contribution >= 0.6 is 11.3 Å². The summed E-state index contributed by atoms with van der Waals surface area (Å²) in [4.78, 5) is 13.9. The van der Waals surface area contributed by atoms with Crippen molar-refractivity contribution in [3.63, 3.8) is 0 Å². The first-order valence-corrected chi connectivity index (χ1v) is 6.83. The minimum absolute atomic E-state index is 0.262. The number of benzene rings is 1. The molecule has 0 saturated heterocycles. The second-order valence-corrected chi connectivity index (χ2v) is 5.63. The summed E-state index contributed by atoms with van der Waals surface area (Å²) in [6.45, 7) is 0. The fourth-order valence-corrected chi connectivity index (χ4v) is 3.36. The number of thiophene rings is 1. The van der Waals surface area contributed by atoms with Gasteiger partial charge in [-0.3, -0.25) is 4.79 Å². The van der Waals surface area contributed by atoms with Gasteiger partial charge in [0.2, 0.25) is 0 Å². The Labute approximate surface area is 113 Å². The maximum Gasteiger partial charge on any atom is 0.265 e. The smallest absolute Gasteiger partial charge is 0.265 e. The second-order valence-electron chi connectivity index (χ2n) is 4.50. The molecule has 1 aliphatic carbocycles. The van der Waals surface area contributed by atoms with Crippen molar-refractivity contribution in [2.45, 2.75) is 19.3 Å². The lowest BCUT2D eigenvalue weighted by atomic mass is 10.2. The van der Waals surface area contributed by atoms with Gasteiger partial charge >= 0.3 is 0 Å². The van der Waals surface area contributed by atoms with Crippen molar-refractivity contribution < 1.29 is 13.6 Å². The number of amides is 1. The molecular weight excluding hydrogens is 268 g/mol. The molecule has 3 rings (SSSR count). The van der Waals surface area contributed by atoms with E-state index in [-0.39, 0.29) is 11.6 Å². The molecule has 0 radical (unpaired) electrons. The molecule has 1 amide bonds. The molecule has 1 aromatic heterocycles. The zero-order chi connectivity index (χ0) is 13.4. The maximum atomic E-state index is 13.0.